The Morgan fingerprint density at radius 2 is 1.71 bits per heavy atom. The maximum atomic E-state index is 11.4. The summed E-state index contributed by atoms with van der Waals surface area (Å²) in [5.74, 6) is 0.0216. The van der Waals surface area contributed by atoms with Gasteiger partial charge in [-0.25, -0.2) is 0 Å². The average Bonchev–Trinajstić information content (AvgIpc) is 2.64. The smallest absolute Gasteiger partial charge is 0.224 e. The van der Waals surface area contributed by atoms with Crippen LogP contribution in [0.3, 0.4) is 0 Å². The fourth-order valence-electron chi connectivity index (χ4n) is 2.70. The van der Waals surface area contributed by atoms with Crippen molar-refractivity contribution in [1.29, 1.82) is 0 Å². The minimum absolute atomic E-state index is 0.0216. The number of hydrogen-bond acceptors (Lipinski definition) is 4. The summed E-state index contributed by atoms with van der Waals surface area (Å²) in [4.78, 5) is 13.8. The number of rotatable bonds is 5. The van der Waals surface area contributed by atoms with Gasteiger partial charge < -0.3 is 20.3 Å². The Labute approximate surface area is 142 Å². The summed E-state index contributed by atoms with van der Waals surface area (Å²) in [6.45, 7) is 5.18. The first-order chi connectivity index (χ1) is 11.8. The number of nitrogens with zero attached hydrogens (tertiary/aromatic N) is 1. The van der Waals surface area contributed by atoms with E-state index in [0.717, 1.165) is 43.4 Å². The van der Waals surface area contributed by atoms with E-state index in [1.165, 1.54) is 5.69 Å². The van der Waals surface area contributed by atoms with E-state index in [-0.39, 0.29) is 5.91 Å². The number of carbonyl (C=O) groups is 1. The normalized spacial score (nSPS) is 14.3. The molecule has 1 aliphatic heterocycles. The van der Waals surface area contributed by atoms with Gasteiger partial charge in [0.2, 0.25) is 5.91 Å². The van der Waals surface area contributed by atoms with Gasteiger partial charge in [-0.3, -0.25) is 4.79 Å². The van der Waals surface area contributed by atoms with E-state index in [0.29, 0.717) is 6.42 Å². The van der Waals surface area contributed by atoms with Crippen molar-refractivity contribution in [1.82, 2.24) is 0 Å². The zero-order valence-corrected chi connectivity index (χ0v) is 13.9. The van der Waals surface area contributed by atoms with Crippen molar-refractivity contribution < 1.29 is 9.53 Å². The van der Waals surface area contributed by atoms with Gasteiger partial charge in [-0.05, 0) is 36.4 Å². The minimum Gasteiger partial charge on any atom is -0.378 e. The molecule has 0 aromatic heterocycles. The highest BCUT2D eigenvalue weighted by Gasteiger charge is 2.14. The largest absolute Gasteiger partial charge is 0.378 e. The van der Waals surface area contributed by atoms with Crippen LogP contribution in [0.4, 0.5) is 22.7 Å². The van der Waals surface area contributed by atoms with Gasteiger partial charge in [0.15, 0.2) is 0 Å². The topological polar surface area (TPSA) is 53.6 Å². The Morgan fingerprint density at radius 3 is 2.42 bits per heavy atom. The maximum Gasteiger partial charge on any atom is 0.224 e. The van der Waals surface area contributed by atoms with Crippen LogP contribution in [0, 0.1) is 0 Å². The van der Waals surface area contributed by atoms with E-state index in [1.807, 2.05) is 37.3 Å². The second-order valence-corrected chi connectivity index (χ2v) is 5.72. The summed E-state index contributed by atoms with van der Waals surface area (Å²) in [6, 6.07) is 16.1. The summed E-state index contributed by atoms with van der Waals surface area (Å²) in [5.41, 5.74) is 4.06. The first kappa shape index (κ1) is 16.3. The fraction of sp³-hybridized carbons (Fsp3) is 0.316. The number of para-hydroxylation sites is 2. The van der Waals surface area contributed by atoms with Crippen LogP contribution >= 0.6 is 0 Å². The molecule has 5 nitrogen and oxygen atoms in total. The molecule has 0 atom stereocenters. The van der Waals surface area contributed by atoms with Crippen molar-refractivity contribution in [3.05, 3.63) is 48.5 Å². The predicted octanol–water partition coefficient (Wildman–Crippen LogP) is 3.62. The lowest BCUT2D eigenvalue weighted by molar-refractivity contribution is -0.115. The zero-order valence-electron chi connectivity index (χ0n) is 13.9. The van der Waals surface area contributed by atoms with E-state index in [1.54, 1.807) is 0 Å². The fourth-order valence-corrected chi connectivity index (χ4v) is 2.70. The van der Waals surface area contributed by atoms with Crippen LogP contribution in [0.25, 0.3) is 0 Å². The number of ether oxygens (including phenoxy) is 1. The third-order valence-electron chi connectivity index (χ3n) is 4.02. The van der Waals surface area contributed by atoms with Gasteiger partial charge in [-0.1, -0.05) is 19.1 Å². The molecule has 2 aromatic rings. The van der Waals surface area contributed by atoms with Gasteiger partial charge in [0.05, 0.1) is 24.6 Å². The first-order valence-corrected chi connectivity index (χ1v) is 8.35. The average molecular weight is 325 g/mol. The van der Waals surface area contributed by atoms with Gasteiger partial charge in [0, 0.05) is 30.9 Å². The molecule has 0 spiro atoms. The lowest BCUT2D eigenvalue weighted by Crippen LogP contribution is -2.36. The summed E-state index contributed by atoms with van der Waals surface area (Å²) < 4.78 is 5.44. The molecule has 126 valence electrons. The van der Waals surface area contributed by atoms with E-state index in [4.69, 9.17) is 4.74 Å². The predicted molar refractivity (Wildman–Crippen MR) is 98.1 cm³/mol. The quantitative estimate of drug-likeness (QED) is 0.882. The number of benzene rings is 2. The van der Waals surface area contributed by atoms with E-state index in [9.17, 15) is 4.79 Å². The van der Waals surface area contributed by atoms with Crippen LogP contribution in [-0.4, -0.2) is 32.2 Å². The molecule has 0 bridgehead atoms. The highest BCUT2D eigenvalue weighted by molar-refractivity contribution is 5.90. The molecular formula is C19H23N3O2. The standard InChI is InChI=1S/C19H23N3O2/c1-2-19(23)21-16-9-7-15(8-10-16)20-17-5-3-4-6-18(17)22-11-13-24-14-12-22/h3-10,20H,2,11-14H2,1H3,(H,21,23). The molecule has 1 saturated heterocycles. The number of morpholine rings is 1. The summed E-state index contributed by atoms with van der Waals surface area (Å²) in [5, 5.41) is 6.33. The minimum atomic E-state index is 0.0216. The molecule has 1 fully saturated rings. The van der Waals surface area contributed by atoms with Crippen LogP contribution in [0.1, 0.15) is 13.3 Å². The number of carbonyl (C=O) groups excluding carboxylic acids is 1. The van der Waals surface area contributed by atoms with Gasteiger partial charge in [0.1, 0.15) is 0 Å². The SMILES string of the molecule is CCC(=O)Nc1ccc(Nc2ccccc2N2CCOCC2)cc1. The molecular weight excluding hydrogens is 302 g/mol. The van der Waals surface area contributed by atoms with E-state index >= 15 is 0 Å². The van der Waals surface area contributed by atoms with Crippen molar-refractivity contribution in [3.63, 3.8) is 0 Å². The molecule has 1 heterocycles. The molecule has 0 aliphatic carbocycles. The molecule has 5 heteroatoms. The number of amides is 1. The van der Waals surface area contributed by atoms with Gasteiger partial charge in [-0.2, -0.15) is 0 Å². The molecule has 2 aromatic carbocycles. The van der Waals surface area contributed by atoms with Gasteiger partial charge in [-0.15, -0.1) is 0 Å². The molecule has 1 amide bonds. The molecule has 24 heavy (non-hydrogen) atoms. The second kappa shape index (κ2) is 7.84. The third-order valence-corrected chi connectivity index (χ3v) is 4.02. The molecule has 0 radical (unpaired) electrons. The van der Waals surface area contributed by atoms with E-state index < -0.39 is 0 Å². The molecule has 0 saturated carbocycles. The van der Waals surface area contributed by atoms with Gasteiger partial charge >= 0.3 is 0 Å². The Balaban J connectivity index is 1.72. The second-order valence-electron chi connectivity index (χ2n) is 5.72. The zero-order chi connectivity index (χ0) is 16.8. The number of nitrogens with one attached hydrogen (secondary N) is 2. The molecule has 3 rings (SSSR count). The third kappa shape index (κ3) is 4.06. The molecule has 0 unspecified atom stereocenters. The Kier molecular flexibility index (Phi) is 5.33. The van der Waals surface area contributed by atoms with Gasteiger partial charge in [0.25, 0.3) is 0 Å². The van der Waals surface area contributed by atoms with Crippen LogP contribution in [0.2, 0.25) is 0 Å². The molecule has 2 N–H and O–H groups in total. The number of hydrogen-bond donors (Lipinski definition) is 2. The Morgan fingerprint density at radius 1 is 1.04 bits per heavy atom. The van der Waals surface area contributed by atoms with Crippen LogP contribution in [0.15, 0.2) is 48.5 Å². The highest BCUT2D eigenvalue weighted by atomic mass is 16.5. The lowest BCUT2D eigenvalue weighted by Gasteiger charge is -2.30. The lowest BCUT2D eigenvalue weighted by atomic mass is 10.2. The van der Waals surface area contributed by atoms with Crippen molar-refractivity contribution in [2.75, 3.05) is 41.8 Å². The maximum absolute atomic E-state index is 11.4. The summed E-state index contributed by atoms with van der Waals surface area (Å²) in [6.07, 6.45) is 0.479. The van der Waals surface area contributed by atoms with Crippen LogP contribution < -0.4 is 15.5 Å². The highest BCUT2D eigenvalue weighted by Crippen LogP contribution is 2.29. The van der Waals surface area contributed by atoms with Crippen molar-refractivity contribution in [2.24, 2.45) is 0 Å². The Bertz CT molecular complexity index is 679. The van der Waals surface area contributed by atoms with Crippen LogP contribution in [-0.2, 0) is 9.53 Å². The van der Waals surface area contributed by atoms with Crippen molar-refractivity contribution in [2.45, 2.75) is 13.3 Å². The monoisotopic (exact) mass is 325 g/mol. The van der Waals surface area contributed by atoms with Crippen molar-refractivity contribution in [3.8, 4) is 0 Å². The summed E-state index contributed by atoms with van der Waals surface area (Å²) >= 11 is 0. The van der Waals surface area contributed by atoms with E-state index in [2.05, 4.69) is 33.7 Å². The summed E-state index contributed by atoms with van der Waals surface area (Å²) in [7, 11) is 0. The Hall–Kier alpha value is -2.53. The van der Waals surface area contributed by atoms with Crippen LogP contribution in [0.5, 0.6) is 0 Å². The number of anilines is 4. The molecule has 1 aliphatic rings. The van der Waals surface area contributed by atoms with Crippen molar-refractivity contribution >= 4 is 28.7 Å². The first-order valence-electron chi connectivity index (χ1n) is 8.35.